The van der Waals surface area contributed by atoms with Crippen LogP contribution >= 0.6 is 0 Å². The molecule has 2 fully saturated rings. The summed E-state index contributed by atoms with van der Waals surface area (Å²) in [6.07, 6.45) is 4.80. The van der Waals surface area contributed by atoms with Crippen LogP contribution in [0.3, 0.4) is 0 Å². The standard InChI is InChI=1S/C19H25N3O4S/c23-18(21-10-1-2-11-21)7-9-20-27(25,26)16-5-6-17-15(13-16)8-12-22(17)19(24)14-3-4-14/h5-6,13-14,20H,1-4,7-12H2. The van der Waals surface area contributed by atoms with Crippen molar-refractivity contribution >= 4 is 27.5 Å². The van der Waals surface area contributed by atoms with E-state index in [4.69, 9.17) is 0 Å². The fourth-order valence-electron chi connectivity index (χ4n) is 3.83. The number of nitrogens with one attached hydrogen (secondary N) is 1. The molecule has 1 saturated carbocycles. The molecule has 4 rings (SSSR count). The Labute approximate surface area is 159 Å². The number of carbonyl (C=O) groups is 2. The van der Waals surface area contributed by atoms with Gasteiger partial charge in [0.05, 0.1) is 4.90 Å². The van der Waals surface area contributed by atoms with Crippen molar-refractivity contribution in [2.24, 2.45) is 5.92 Å². The van der Waals surface area contributed by atoms with Crippen LogP contribution in [-0.2, 0) is 26.0 Å². The first-order chi connectivity index (χ1) is 13.0. The van der Waals surface area contributed by atoms with E-state index in [1.165, 1.54) is 0 Å². The fraction of sp³-hybridized carbons (Fsp3) is 0.579. The van der Waals surface area contributed by atoms with Gasteiger partial charge in [0.25, 0.3) is 0 Å². The van der Waals surface area contributed by atoms with Gasteiger partial charge in [-0.3, -0.25) is 9.59 Å². The Bertz CT molecular complexity index is 858. The third kappa shape index (κ3) is 3.87. The van der Waals surface area contributed by atoms with E-state index in [1.807, 2.05) is 0 Å². The molecule has 1 N–H and O–H groups in total. The fourth-order valence-corrected chi connectivity index (χ4v) is 4.91. The van der Waals surface area contributed by atoms with E-state index in [9.17, 15) is 18.0 Å². The number of hydrogen-bond acceptors (Lipinski definition) is 4. The van der Waals surface area contributed by atoms with E-state index in [-0.39, 0.29) is 35.6 Å². The number of rotatable bonds is 6. The van der Waals surface area contributed by atoms with E-state index in [2.05, 4.69) is 4.72 Å². The van der Waals surface area contributed by atoms with Crippen LogP contribution in [-0.4, -0.2) is 51.3 Å². The number of carbonyl (C=O) groups excluding carboxylic acids is 2. The second kappa shape index (κ2) is 7.24. The zero-order valence-electron chi connectivity index (χ0n) is 15.3. The van der Waals surface area contributed by atoms with Gasteiger partial charge in [0.1, 0.15) is 0 Å². The molecule has 1 aromatic rings. The minimum Gasteiger partial charge on any atom is -0.343 e. The molecule has 3 aliphatic rings. The Balaban J connectivity index is 1.39. The van der Waals surface area contributed by atoms with Gasteiger partial charge < -0.3 is 9.80 Å². The lowest BCUT2D eigenvalue weighted by Gasteiger charge is -2.17. The average molecular weight is 391 g/mol. The van der Waals surface area contributed by atoms with Crippen LogP contribution in [0.4, 0.5) is 5.69 Å². The van der Waals surface area contributed by atoms with Gasteiger partial charge in [-0.15, -0.1) is 0 Å². The summed E-state index contributed by atoms with van der Waals surface area (Å²) in [4.78, 5) is 28.1. The predicted molar refractivity (Wildman–Crippen MR) is 101 cm³/mol. The second-order valence-corrected chi connectivity index (χ2v) is 9.31. The molecule has 1 saturated heterocycles. The average Bonchev–Trinajstić information content (AvgIpc) is 3.18. The number of amides is 2. The van der Waals surface area contributed by atoms with E-state index in [0.717, 1.165) is 50.0 Å². The van der Waals surface area contributed by atoms with E-state index in [1.54, 1.807) is 28.0 Å². The number of likely N-dealkylation sites (tertiary alicyclic amines) is 1. The Morgan fingerprint density at radius 1 is 1.11 bits per heavy atom. The van der Waals surface area contributed by atoms with Crippen molar-refractivity contribution in [1.82, 2.24) is 9.62 Å². The third-order valence-corrected chi connectivity index (χ3v) is 7.00. The van der Waals surface area contributed by atoms with Crippen molar-refractivity contribution in [1.29, 1.82) is 0 Å². The van der Waals surface area contributed by atoms with Crippen LogP contribution in [0.5, 0.6) is 0 Å². The zero-order valence-corrected chi connectivity index (χ0v) is 16.1. The van der Waals surface area contributed by atoms with E-state index >= 15 is 0 Å². The lowest BCUT2D eigenvalue weighted by Crippen LogP contribution is -2.32. The Morgan fingerprint density at radius 3 is 2.56 bits per heavy atom. The molecule has 2 heterocycles. The first-order valence-corrected chi connectivity index (χ1v) is 11.2. The molecule has 2 aliphatic heterocycles. The number of nitrogens with zero attached hydrogens (tertiary/aromatic N) is 2. The van der Waals surface area contributed by atoms with Gasteiger partial charge in [-0.1, -0.05) is 0 Å². The molecule has 0 bridgehead atoms. The monoisotopic (exact) mass is 391 g/mol. The number of hydrogen-bond donors (Lipinski definition) is 1. The number of sulfonamides is 1. The first kappa shape index (κ1) is 18.4. The van der Waals surface area contributed by atoms with Crippen LogP contribution in [0.2, 0.25) is 0 Å². The van der Waals surface area contributed by atoms with Crippen molar-refractivity contribution in [3.05, 3.63) is 23.8 Å². The molecule has 0 aromatic heterocycles. The highest BCUT2D eigenvalue weighted by molar-refractivity contribution is 7.89. The summed E-state index contributed by atoms with van der Waals surface area (Å²) in [5, 5.41) is 0. The summed E-state index contributed by atoms with van der Waals surface area (Å²) in [6, 6.07) is 4.93. The van der Waals surface area contributed by atoms with Crippen molar-refractivity contribution in [2.75, 3.05) is 31.1 Å². The summed E-state index contributed by atoms with van der Waals surface area (Å²) >= 11 is 0. The van der Waals surface area contributed by atoms with Crippen molar-refractivity contribution in [3.8, 4) is 0 Å². The van der Waals surface area contributed by atoms with Crippen LogP contribution in [0.25, 0.3) is 0 Å². The van der Waals surface area contributed by atoms with Gasteiger partial charge in [0.2, 0.25) is 21.8 Å². The molecule has 146 valence electrons. The summed E-state index contributed by atoms with van der Waals surface area (Å²) in [7, 11) is -3.67. The summed E-state index contributed by atoms with van der Waals surface area (Å²) in [5.74, 6) is 0.301. The smallest absolute Gasteiger partial charge is 0.240 e. The second-order valence-electron chi connectivity index (χ2n) is 7.54. The summed E-state index contributed by atoms with van der Waals surface area (Å²) in [5.41, 5.74) is 1.72. The highest BCUT2D eigenvalue weighted by Crippen LogP contribution is 2.37. The minimum absolute atomic E-state index is 0.00150. The third-order valence-electron chi connectivity index (χ3n) is 5.54. The van der Waals surface area contributed by atoms with Crippen molar-refractivity contribution in [2.45, 2.75) is 43.4 Å². The normalized spacial score (nSPS) is 19.4. The maximum Gasteiger partial charge on any atom is 0.240 e. The largest absolute Gasteiger partial charge is 0.343 e. The van der Waals surface area contributed by atoms with Crippen LogP contribution in [0.1, 0.15) is 37.7 Å². The van der Waals surface area contributed by atoms with Crippen LogP contribution < -0.4 is 9.62 Å². The highest BCUT2D eigenvalue weighted by atomic mass is 32.2. The molecule has 0 atom stereocenters. The SMILES string of the molecule is O=C(CCNS(=O)(=O)c1ccc2c(c1)CCN2C(=O)C1CC1)N1CCCC1. The topological polar surface area (TPSA) is 86.8 Å². The predicted octanol–water partition coefficient (Wildman–Crippen LogP) is 1.28. The Hall–Kier alpha value is -1.93. The van der Waals surface area contributed by atoms with Crippen molar-refractivity contribution in [3.63, 3.8) is 0 Å². The zero-order chi connectivity index (χ0) is 19.0. The van der Waals surface area contributed by atoms with Gasteiger partial charge >= 0.3 is 0 Å². The Morgan fingerprint density at radius 2 is 1.85 bits per heavy atom. The van der Waals surface area contributed by atoms with Gasteiger partial charge in [-0.25, -0.2) is 13.1 Å². The van der Waals surface area contributed by atoms with Gasteiger partial charge in [0.15, 0.2) is 0 Å². The minimum atomic E-state index is -3.67. The molecule has 1 aromatic carbocycles. The molecule has 7 nitrogen and oxygen atoms in total. The number of fused-ring (bicyclic) bond motifs is 1. The molecule has 27 heavy (non-hydrogen) atoms. The number of anilines is 1. The van der Waals surface area contributed by atoms with Gasteiger partial charge in [-0.05, 0) is 55.9 Å². The number of benzene rings is 1. The molecule has 2 amide bonds. The van der Waals surface area contributed by atoms with E-state index in [0.29, 0.717) is 13.0 Å². The Kier molecular flexibility index (Phi) is 4.94. The summed E-state index contributed by atoms with van der Waals surface area (Å²) < 4.78 is 27.6. The molecule has 0 spiro atoms. The van der Waals surface area contributed by atoms with Gasteiger partial charge in [0, 0.05) is 44.2 Å². The maximum absolute atomic E-state index is 12.6. The highest BCUT2D eigenvalue weighted by Gasteiger charge is 2.36. The summed E-state index contributed by atoms with van der Waals surface area (Å²) in [6.45, 7) is 2.26. The molecule has 0 radical (unpaired) electrons. The lowest BCUT2D eigenvalue weighted by atomic mass is 10.2. The molecule has 0 unspecified atom stereocenters. The molecular weight excluding hydrogens is 366 g/mol. The van der Waals surface area contributed by atoms with E-state index < -0.39 is 10.0 Å². The lowest BCUT2D eigenvalue weighted by molar-refractivity contribution is -0.130. The molecule has 8 heteroatoms. The first-order valence-electron chi connectivity index (χ1n) is 9.67. The molecular formula is C19H25N3O4S. The van der Waals surface area contributed by atoms with Crippen LogP contribution in [0.15, 0.2) is 23.1 Å². The quantitative estimate of drug-likeness (QED) is 0.791. The van der Waals surface area contributed by atoms with Gasteiger partial charge in [-0.2, -0.15) is 0 Å². The molecule has 1 aliphatic carbocycles. The van der Waals surface area contributed by atoms with Crippen LogP contribution in [0, 0.1) is 5.92 Å². The maximum atomic E-state index is 12.6. The van der Waals surface area contributed by atoms with Crippen molar-refractivity contribution < 1.29 is 18.0 Å².